The van der Waals surface area contributed by atoms with Crippen molar-refractivity contribution in [3.8, 4) is 0 Å². The molecule has 0 radical (unpaired) electrons. The van der Waals surface area contributed by atoms with Crippen molar-refractivity contribution in [3.05, 3.63) is 58.1 Å². The molecule has 106 valence electrons. The fourth-order valence-electron chi connectivity index (χ4n) is 1.68. The molecule has 0 fully saturated rings. The molecule has 0 unspecified atom stereocenters. The van der Waals surface area contributed by atoms with E-state index in [4.69, 9.17) is 23.2 Å². The number of rotatable bonds is 4. The van der Waals surface area contributed by atoms with Crippen LogP contribution in [0.3, 0.4) is 0 Å². The van der Waals surface area contributed by atoms with Gasteiger partial charge in [0.1, 0.15) is 0 Å². The third-order valence-corrected chi connectivity index (χ3v) is 3.23. The monoisotopic (exact) mass is 330 g/mol. The molecule has 0 N–H and O–H groups in total. The summed E-state index contributed by atoms with van der Waals surface area (Å²) in [7, 11) is 0. The van der Waals surface area contributed by atoms with Crippen LogP contribution in [-0.2, 0) is 0 Å². The molecule has 0 spiro atoms. The number of ketones is 1. The van der Waals surface area contributed by atoms with Gasteiger partial charge in [-0.1, -0.05) is 30.1 Å². The SMILES string of the molecule is CC/C(=C\n1ccnc1)C(=O)c1ccc(Cl)cc1Cl.Cl. The number of carbonyl (C=O) groups is 1. The van der Waals surface area contributed by atoms with Crippen molar-refractivity contribution in [3.63, 3.8) is 0 Å². The number of carbonyl (C=O) groups excluding carboxylic acids is 1. The van der Waals surface area contributed by atoms with Crippen LogP contribution in [0.5, 0.6) is 0 Å². The maximum Gasteiger partial charge on any atom is 0.191 e. The van der Waals surface area contributed by atoms with Crippen LogP contribution in [0.25, 0.3) is 6.20 Å². The van der Waals surface area contributed by atoms with Gasteiger partial charge in [0, 0.05) is 34.8 Å². The van der Waals surface area contributed by atoms with E-state index in [0.717, 1.165) is 0 Å². The molecule has 1 aromatic heterocycles. The van der Waals surface area contributed by atoms with Crippen LogP contribution in [0.2, 0.25) is 10.0 Å². The van der Waals surface area contributed by atoms with E-state index in [1.54, 1.807) is 47.7 Å². The Bertz CT molecular complexity index is 621. The van der Waals surface area contributed by atoms with Gasteiger partial charge in [0.25, 0.3) is 0 Å². The highest BCUT2D eigenvalue weighted by Gasteiger charge is 2.14. The summed E-state index contributed by atoms with van der Waals surface area (Å²) in [5.41, 5.74) is 1.11. The first-order valence-corrected chi connectivity index (χ1v) is 6.55. The summed E-state index contributed by atoms with van der Waals surface area (Å²) in [4.78, 5) is 16.3. The Labute approximate surface area is 133 Å². The highest BCUT2D eigenvalue weighted by atomic mass is 35.5. The number of imidazole rings is 1. The molecule has 20 heavy (non-hydrogen) atoms. The number of Topliss-reactive ketones (excluding diaryl/α,β-unsaturated/α-hetero) is 1. The second kappa shape index (κ2) is 7.48. The number of benzene rings is 1. The van der Waals surface area contributed by atoms with Crippen molar-refractivity contribution >= 4 is 47.6 Å². The Kier molecular flexibility index (Phi) is 6.27. The number of aromatic nitrogens is 2. The largest absolute Gasteiger partial charge is 0.313 e. The molecule has 0 aliphatic heterocycles. The van der Waals surface area contributed by atoms with E-state index in [1.807, 2.05) is 6.92 Å². The summed E-state index contributed by atoms with van der Waals surface area (Å²) in [6.07, 6.45) is 7.42. The molecule has 0 aliphatic rings. The van der Waals surface area contributed by atoms with Crippen molar-refractivity contribution in [1.29, 1.82) is 0 Å². The van der Waals surface area contributed by atoms with Gasteiger partial charge in [-0.2, -0.15) is 0 Å². The summed E-state index contributed by atoms with van der Waals surface area (Å²) >= 11 is 11.9. The molecule has 0 aliphatic carbocycles. The van der Waals surface area contributed by atoms with Crippen LogP contribution in [0.4, 0.5) is 0 Å². The molecule has 3 nitrogen and oxygen atoms in total. The van der Waals surface area contributed by atoms with Crippen LogP contribution >= 0.6 is 35.6 Å². The molecule has 0 amide bonds. The maximum absolute atomic E-state index is 12.4. The average molecular weight is 332 g/mol. The number of nitrogens with zero attached hydrogens (tertiary/aromatic N) is 2. The zero-order valence-corrected chi connectivity index (χ0v) is 13.0. The Morgan fingerprint density at radius 1 is 1.40 bits per heavy atom. The highest BCUT2D eigenvalue weighted by molar-refractivity contribution is 6.37. The fraction of sp³-hybridized carbons (Fsp3) is 0.143. The van der Waals surface area contributed by atoms with E-state index in [2.05, 4.69) is 4.98 Å². The summed E-state index contributed by atoms with van der Waals surface area (Å²) in [5.74, 6) is -0.0992. The lowest BCUT2D eigenvalue weighted by molar-refractivity contribution is 0.103. The van der Waals surface area contributed by atoms with E-state index in [0.29, 0.717) is 27.6 Å². The van der Waals surface area contributed by atoms with E-state index >= 15 is 0 Å². The third kappa shape index (κ3) is 3.85. The second-order valence-corrected chi connectivity index (χ2v) is 4.81. The standard InChI is InChI=1S/C14H12Cl2N2O.ClH/c1-2-10(8-18-6-5-17-9-18)14(19)12-4-3-11(15)7-13(12)16;/h3-9H,2H2,1H3;1H/b10-8+;. The van der Waals surface area contributed by atoms with Crippen LogP contribution < -0.4 is 0 Å². The number of allylic oxidation sites excluding steroid dienone is 1. The summed E-state index contributed by atoms with van der Waals surface area (Å²) in [6, 6.07) is 4.87. The molecule has 6 heteroatoms. The van der Waals surface area contributed by atoms with Crippen molar-refractivity contribution < 1.29 is 4.79 Å². The Hall–Kier alpha value is -1.29. The highest BCUT2D eigenvalue weighted by Crippen LogP contribution is 2.24. The van der Waals surface area contributed by atoms with Crippen molar-refractivity contribution in [1.82, 2.24) is 9.55 Å². The lowest BCUT2D eigenvalue weighted by Gasteiger charge is -2.07. The van der Waals surface area contributed by atoms with Crippen LogP contribution in [0, 0.1) is 0 Å². The lowest BCUT2D eigenvalue weighted by atomic mass is 10.0. The van der Waals surface area contributed by atoms with Gasteiger partial charge < -0.3 is 4.57 Å². The van der Waals surface area contributed by atoms with Crippen LogP contribution in [0.15, 0.2) is 42.5 Å². The van der Waals surface area contributed by atoms with E-state index in [-0.39, 0.29) is 18.2 Å². The molecule has 0 bridgehead atoms. The topological polar surface area (TPSA) is 34.9 Å². The van der Waals surface area contributed by atoms with Crippen molar-refractivity contribution in [2.24, 2.45) is 0 Å². The van der Waals surface area contributed by atoms with Gasteiger partial charge in [-0.25, -0.2) is 4.98 Å². The smallest absolute Gasteiger partial charge is 0.191 e. The van der Waals surface area contributed by atoms with Crippen LogP contribution in [0.1, 0.15) is 23.7 Å². The minimum Gasteiger partial charge on any atom is -0.313 e. The molecular weight excluding hydrogens is 319 g/mol. The van der Waals surface area contributed by atoms with E-state index in [1.165, 1.54) is 0 Å². The molecule has 0 saturated carbocycles. The van der Waals surface area contributed by atoms with Gasteiger partial charge in [0.15, 0.2) is 5.78 Å². The predicted octanol–water partition coefficient (Wildman–Crippen LogP) is 4.75. The van der Waals surface area contributed by atoms with Gasteiger partial charge in [-0.05, 0) is 24.6 Å². The maximum atomic E-state index is 12.4. The summed E-state index contributed by atoms with van der Waals surface area (Å²) < 4.78 is 1.74. The first-order chi connectivity index (χ1) is 9.11. The van der Waals surface area contributed by atoms with Gasteiger partial charge in [-0.15, -0.1) is 12.4 Å². The second-order valence-electron chi connectivity index (χ2n) is 3.97. The molecular formula is C14H13Cl3N2O. The molecule has 2 aromatic rings. The first-order valence-electron chi connectivity index (χ1n) is 5.79. The lowest BCUT2D eigenvalue weighted by Crippen LogP contribution is -2.04. The molecule has 1 aromatic carbocycles. The van der Waals surface area contributed by atoms with E-state index in [9.17, 15) is 4.79 Å². The summed E-state index contributed by atoms with van der Waals surface area (Å²) in [5, 5.41) is 0.876. The Balaban J connectivity index is 0.00000200. The quantitative estimate of drug-likeness (QED) is 0.599. The molecule has 1 heterocycles. The predicted molar refractivity (Wildman–Crippen MR) is 84.8 cm³/mol. The fourth-order valence-corrected chi connectivity index (χ4v) is 2.18. The van der Waals surface area contributed by atoms with Gasteiger partial charge in [0.05, 0.1) is 11.3 Å². The zero-order valence-electron chi connectivity index (χ0n) is 10.7. The minimum atomic E-state index is -0.0992. The Morgan fingerprint density at radius 2 is 2.15 bits per heavy atom. The average Bonchev–Trinajstić information content (AvgIpc) is 2.88. The van der Waals surface area contributed by atoms with Crippen molar-refractivity contribution in [2.45, 2.75) is 13.3 Å². The number of hydrogen-bond donors (Lipinski definition) is 0. The minimum absolute atomic E-state index is 0. The van der Waals surface area contributed by atoms with Crippen LogP contribution in [-0.4, -0.2) is 15.3 Å². The van der Waals surface area contributed by atoms with Gasteiger partial charge >= 0.3 is 0 Å². The third-order valence-electron chi connectivity index (χ3n) is 2.68. The Morgan fingerprint density at radius 3 is 2.70 bits per heavy atom. The summed E-state index contributed by atoms with van der Waals surface area (Å²) in [6.45, 7) is 1.92. The van der Waals surface area contributed by atoms with Gasteiger partial charge in [0.2, 0.25) is 0 Å². The molecule has 0 saturated heterocycles. The van der Waals surface area contributed by atoms with Crippen molar-refractivity contribution in [2.75, 3.05) is 0 Å². The molecule has 2 rings (SSSR count). The number of hydrogen-bond acceptors (Lipinski definition) is 2. The van der Waals surface area contributed by atoms with Gasteiger partial charge in [-0.3, -0.25) is 4.79 Å². The van der Waals surface area contributed by atoms with E-state index < -0.39 is 0 Å². The normalized spacial score (nSPS) is 11.1. The molecule has 0 atom stereocenters. The number of halogens is 3. The first kappa shape index (κ1) is 16.8. The zero-order chi connectivity index (χ0) is 13.8.